The molecule has 3 heterocycles. The minimum absolute atomic E-state index is 0.0670. The molecule has 1 aliphatic rings. The normalized spacial score (nSPS) is 18.7. The van der Waals surface area contributed by atoms with E-state index in [0.29, 0.717) is 32.7 Å². The summed E-state index contributed by atoms with van der Waals surface area (Å²) in [6.45, 7) is 5.50. The summed E-state index contributed by atoms with van der Waals surface area (Å²) in [5.74, 6) is 0.173. The van der Waals surface area contributed by atoms with Crippen molar-refractivity contribution in [3.63, 3.8) is 0 Å². The zero-order valence-corrected chi connectivity index (χ0v) is 15.5. The van der Waals surface area contributed by atoms with E-state index < -0.39 is 10.0 Å². The molecule has 132 valence electrons. The lowest BCUT2D eigenvalue weighted by atomic mass is 10.2. The Balaban J connectivity index is 1.67. The minimum Gasteiger partial charge on any atom is -0.373 e. The van der Waals surface area contributed by atoms with Crippen LogP contribution in [0.1, 0.15) is 35.8 Å². The maximum absolute atomic E-state index is 12.4. The third kappa shape index (κ3) is 3.85. The van der Waals surface area contributed by atoms with Gasteiger partial charge in [-0.3, -0.25) is 0 Å². The summed E-state index contributed by atoms with van der Waals surface area (Å²) >= 11 is 1.60. The molecule has 0 spiro atoms. The summed E-state index contributed by atoms with van der Waals surface area (Å²) in [6, 6.07) is -0.0670. The molecule has 0 bridgehead atoms. The quantitative estimate of drug-likeness (QED) is 0.745. The molecule has 2 aromatic rings. The Morgan fingerprint density at radius 1 is 1.46 bits per heavy atom. The average molecular weight is 371 g/mol. The van der Waals surface area contributed by atoms with Crippen LogP contribution in [0.25, 0.3) is 0 Å². The van der Waals surface area contributed by atoms with Crippen molar-refractivity contribution in [3.05, 3.63) is 34.3 Å². The Kier molecular flexibility index (Phi) is 5.33. The maximum Gasteiger partial charge on any atom is 0.214 e. The lowest BCUT2D eigenvalue weighted by Gasteiger charge is -2.33. The first kappa shape index (κ1) is 17.5. The number of aromatic nitrogens is 3. The fourth-order valence-electron chi connectivity index (χ4n) is 2.86. The molecule has 0 radical (unpaired) electrons. The molecule has 1 aliphatic heterocycles. The van der Waals surface area contributed by atoms with Crippen molar-refractivity contribution in [3.8, 4) is 0 Å². The monoisotopic (exact) mass is 370 g/mol. The number of ether oxygens (including phenoxy) is 1. The standard InChI is InChI=1S/C15H22N4O3S2/c1-3-4-24(20,21)18-6-14-5-16-11-19(14)15(7-18)9-22-8-13-10-23-12(2)17-13/h5,10-11,15H,3-4,6-9H2,1-2H3. The number of sulfonamides is 1. The summed E-state index contributed by atoms with van der Waals surface area (Å²) in [5, 5.41) is 3.00. The summed E-state index contributed by atoms with van der Waals surface area (Å²) in [7, 11) is -3.23. The van der Waals surface area contributed by atoms with Gasteiger partial charge in [-0.2, -0.15) is 4.31 Å². The number of aryl methyl sites for hydroxylation is 1. The fraction of sp³-hybridized carbons (Fsp3) is 0.600. The van der Waals surface area contributed by atoms with E-state index in [-0.39, 0.29) is 11.8 Å². The Labute approximate surface area is 146 Å². The molecule has 0 N–H and O–H groups in total. The molecule has 24 heavy (non-hydrogen) atoms. The molecule has 2 aromatic heterocycles. The molecule has 3 rings (SSSR count). The van der Waals surface area contributed by atoms with Gasteiger partial charge in [0.05, 0.1) is 54.3 Å². The first-order valence-electron chi connectivity index (χ1n) is 7.97. The lowest BCUT2D eigenvalue weighted by Crippen LogP contribution is -2.43. The van der Waals surface area contributed by atoms with Gasteiger partial charge in [-0.1, -0.05) is 6.92 Å². The Morgan fingerprint density at radius 2 is 2.29 bits per heavy atom. The molecule has 0 saturated carbocycles. The van der Waals surface area contributed by atoms with E-state index in [0.717, 1.165) is 16.4 Å². The van der Waals surface area contributed by atoms with E-state index in [1.165, 1.54) is 0 Å². The van der Waals surface area contributed by atoms with Crippen molar-refractivity contribution >= 4 is 21.4 Å². The van der Waals surface area contributed by atoms with Crippen molar-refractivity contribution in [1.29, 1.82) is 0 Å². The highest BCUT2D eigenvalue weighted by Crippen LogP contribution is 2.24. The van der Waals surface area contributed by atoms with Gasteiger partial charge in [-0.15, -0.1) is 11.3 Å². The van der Waals surface area contributed by atoms with Gasteiger partial charge < -0.3 is 9.30 Å². The van der Waals surface area contributed by atoms with Crippen LogP contribution in [-0.2, 0) is 27.9 Å². The van der Waals surface area contributed by atoms with Crippen LogP contribution in [0.2, 0.25) is 0 Å². The summed E-state index contributed by atoms with van der Waals surface area (Å²) in [6.07, 6.45) is 4.09. The molecule has 0 fully saturated rings. The zero-order valence-electron chi connectivity index (χ0n) is 13.9. The number of nitrogens with zero attached hydrogens (tertiary/aromatic N) is 4. The number of hydrogen-bond donors (Lipinski definition) is 0. The van der Waals surface area contributed by atoms with Crippen molar-refractivity contribution in [2.24, 2.45) is 0 Å². The molecule has 9 heteroatoms. The predicted molar refractivity (Wildman–Crippen MR) is 92.3 cm³/mol. The largest absolute Gasteiger partial charge is 0.373 e. The SMILES string of the molecule is CCCS(=O)(=O)N1Cc2cncn2C(COCc2csc(C)n2)C1. The highest BCUT2D eigenvalue weighted by Gasteiger charge is 2.31. The molecule has 0 aliphatic carbocycles. The van der Waals surface area contributed by atoms with Crippen LogP contribution < -0.4 is 0 Å². The van der Waals surface area contributed by atoms with E-state index in [1.54, 1.807) is 28.2 Å². The van der Waals surface area contributed by atoms with Gasteiger partial charge in [0, 0.05) is 18.1 Å². The van der Waals surface area contributed by atoms with Gasteiger partial charge in [-0.25, -0.2) is 18.4 Å². The van der Waals surface area contributed by atoms with Gasteiger partial charge in [-0.05, 0) is 13.3 Å². The Hall–Kier alpha value is -1.29. The second-order valence-electron chi connectivity index (χ2n) is 5.93. The highest BCUT2D eigenvalue weighted by molar-refractivity contribution is 7.89. The maximum atomic E-state index is 12.4. The van der Waals surface area contributed by atoms with Crippen molar-refractivity contribution < 1.29 is 13.2 Å². The number of hydrogen-bond acceptors (Lipinski definition) is 6. The van der Waals surface area contributed by atoms with Gasteiger partial charge in [0.1, 0.15) is 0 Å². The number of fused-ring (bicyclic) bond motifs is 1. The third-order valence-electron chi connectivity index (χ3n) is 3.97. The summed E-state index contributed by atoms with van der Waals surface area (Å²) in [5.41, 5.74) is 1.81. The molecule has 1 unspecified atom stereocenters. The van der Waals surface area contributed by atoms with E-state index >= 15 is 0 Å². The zero-order chi connectivity index (χ0) is 17.2. The van der Waals surface area contributed by atoms with Crippen LogP contribution in [0.15, 0.2) is 17.9 Å². The van der Waals surface area contributed by atoms with Crippen LogP contribution in [0.4, 0.5) is 0 Å². The average Bonchev–Trinajstić information content (AvgIpc) is 3.15. The summed E-state index contributed by atoms with van der Waals surface area (Å²) in [4.78, 5) is 8.54. The Bertz CT molecular complexity index is 784. The second kappa shape index (κ2) is 7.30. The van der Waals surface area contributed by atoms with Crippen LogP contribution >= 0.6 is 11.3 Å². The van der Waals surface area contributed by atoms with Crippen LogP contribution in [0.3, 0.4) is 0 Å². The lowest BCUT2D eigenvalue weighted by molar-refractivity contribution is 0.0737. The Morgan fingerprint density at radius 3 is 3.00 bits per heavy atom. The van der Waals surface area contributed by atoms with Crippen molar-refractivity contribution in [2.45, 2.75) is 39.5 Å². The highest BCUT2D eigenvalue weighted by atomic mass is 32.2. The number of rotatable bonds is 7. The smallest absolute Gasteiger partial charge is 0.214 e. The molecular formula is C15H22N4O3S2. The molecular weight excluding hydrogens is 348 g/mol. The molecule has 7 nitrogen and oxygen atoms in total. The van der Waals surface area contributed by atoms with Crippen molar-refractivity contribution in [1.82, 2.24) is 18.8 Å². The van der Waals surface area contributed by atoms with E-state index in [2.05, 4.69) is 9.97 Å². The van der Waals surface area contributed by atoms with E-state index in [1.807, 2.05) is 23.8 Å². The van der Waals surface area contributed by atoms with Crippen molar-refractivity contribution in [2.75, 3.05) is 18.9 Å². The number of thiazole rings is 1. The first-order chi connectivity index (χ1) is 11.5. The topological polar surface area (TPSA) is 77.3 Å². The second-order valence-corrected chi connectivity index (χ2v) is 9.08. The minimum atomic E-state index is -3.23. The first-order valence-corrected chi connectivity index (χ1v) is 10.5. The van der Waals surface area contributed by atoms with Gasteiger partial charge in [0.2, 0.25) is 10.0 Å². The number of imidazole rings is 1. The molecule has 1 atom stereocenters. The fourth-order valence-corrected chi connectivity index (χ4v) is 4.96. The predicted octanol–water partition coefficient (Wildman–Crippen LogP) is 1.96. The van der Waals surface area contributed by atoms with Gasteiger partial charge >= 0.3 is 0 Å². The van der Waals surface area contributed by atoms with Gasteiger partial charge in [0.25, 0.3) is 0 Å². The van der Waals surface area contributed by atoms with Crippen LogP contribution in [0, 0.1) is 6.92 Å². The van der Waals surface area contributed by atoms with Crippen LogP contribution in [-0.4, -0.2) is 46.2 Å². The van der Waals surface area contributed by atoms with E-state index in [9.17, 15) is 8.42 Å². The molecule has 0 amide bonds. The third-order valence-corrected chi connectivity index (χ3v) is 6.79. The summed E-state index contributed by atoms with van der Waals surface area (Å²) < 4.78 is 34.2. The van der Waals surface area contributed by atoms with Crippen LogP contribution in [0.5, 0.6) is 0 Å². The van der Waals surface area contributed by atoms with Gasteiger partial charge in [0.15, 0.2) is 0 Å². The molecule has 0 saturated heterocycles. The molecule has 0 aromatic carbocycles. The van der Waals surface area contributed by atoms with E-state index in [4.69, 9.17) is 4.74 Å².